The highest BCUT2D eigenvalue weighted by Crippen LogP contribution is 2.23. The lowest BCUT2D eigenvalue weighted by molar-refractivity contribution is -0.133. The molecule has 21 heavy (non-hydrogen) atoms. The van der Waals surface area contributed by atoms with E-state index in [4.69, 9.17) is 11.6 Å². The van der Waals surface area contributed by atoms with Crippen LogP contribution in [0.15, 0.2) is 42.5 Å². The number of phenols is 1. The van der Waals surface area contributed by atoms with E-state index in [9.17, 15) is 14.7 Å². The molecule has 6 heteroatoms. The molecule has 0 aliphatic heterocycles. The number of rotatable bonds is 2. The lowest BCUT2D eigenvalue weighted by atomic mass is 10.2. The van der Waals surface area contributed by atoms with Crippen molar-refractivity contribution in [3.05, 3.63) is 53.1 Å². The molecule has 0 unspecified atom stereocenters. The summed E-state index contributed by atoms with van der Waals surface area (Å²) in [7, 11) is 0. The Morgan fingerprint density at radius 1 is 1.05 bits per heavy atom. The van der Waals surface area contributed by atoms with Gasteiger partial charge in [-0.15, -0.1) is 0 Å². The fraction of sp³-hybridized carbons (Fsp3) is 0.0667. The van der Waals surface area contributed by atoms with Crippen LogP contribution in [0.5, 0.6) is 5.75 Å². The first-order valence-electron chi connectivity index (χ1n) is 6.14. The molecule has 0 saturated carbocycles. The number of carbonyl (C=O) groups is 2. The Bertz CT molecular complexity index is 701. The molecule has 3 N–H and O–H groups in total. The molecule has 0 atom stereocenters. The monoisotopic (exact) mass is 304 g/mol. The van der Waals surface area contributed by atoms with Gasteiger partial charge in [-0.3, -0.25) is 9.59 Å². The molecule has 108 valence electrons. The van der Waals surface area contributed by atoms with Crippen LogP contribution in [0.1, 0.15) is 5.56 Å². The van der Waals surface area contributed by atoms with Gasteiger partial charge in [-0.2, -0.15) is 0 Å². The van der Waals surface area contributed by atoms with Crippen LogP contribution in [0, 0.1) is 6.92 Å². The second kappa shape index (κ2) is 6.28. The highest BCUT2D eigenvalue weighted by molar-refractivity contribution is 6.44. The molecule has 0 saturated heterocycles. The van der Waals surface area contributed by atoms with Gasteiger partial charge in [-0.05, 0) is 36.8 Å². The highest BCUT2D eigenvalue weighted by atomic mass is 35.5. The van der Waals surface area contributed by atoms with Crippen LogP contribution in [-0.2, 0) is 9.59 Å². The first kappa shape index (κ1) is 14.9. The van der Waals surface area contributed by atoms with Gasteiger partial charge < -0.3 is 15.7 Å². The van der Waals surface area contributed by atoms with Crippen LogP contribution < -0.4 is 10.6 Å². The molecule has 0 heterocycles. The summed E-state index contributed by atoms with van der Waals surface area (Å²) in [4.78, 5) is 23.6. The summed E-state index contributed by atoms with van der Waals surface area (Å²) in [5.41, 5.74) is 1.48. The topological polar surface area (TPSA) is 78.4 Å². The predicted molar refractivity (Wildman–Crippen MR) is 81.6 cm³/mol. The van der Waals surface area contributed by atoms with Crippen LogP contribution in [-0.4, -0.2) is 16.9 Å². The summed E-state index contributed by atoms with van der Waals surface area (Å²) < 4.78 is 0. The molecule has 0 aliphatic rings. The number of hydrogen-bond donors (Lipinski definition) is 3. The fourth-order valence-corrected chi connectivity index (χ4v) is 1.87. The second-order valence-corrected chi connectivity index (χ2v) is 4.78. The molecule has 2 aromatic rings. The molecule has 0 radical (unpaired) electrons. The summed E-state index contributed by atoms with van der Waals surface area (Å²) in [6.45, 7) is 1.74. The average Bonchev–Trinajstić information content (AvgIpc) is 2.44. The molecule has 5 nitrogen and oxygen atoms in total. The van der Waals surface area contributed by atoms with E-state index in [2.05, 4.69) is 10.6 Å². The maximum absolute atomic E-state index is 11.8. The zero-order valence-electron chi connectivity index (χ0n) is 11.2. The molecule has 0 aliphatic carbocycles. The van der Waals surface area contributed by atoms with Crippen LogP contribution in [0.4, 0.5) is 11.4 Å². The van der Waals surface area contributed by atoms with E-state index in [1.165, 1.54) is 12.1 Å². The molecule has 0 fully saturated rings. The predicted octanol–water partition coefficient (Wildman–Crippen LogP) is 2.93. The molecule has 2 amide bonds. The van der Waals surface area contributed by atoms with E-state index in [1.807, 2.05) is 0 Å². The van der Waals surface area contributed by atoms with Crippen molar-refractivity contribution in [3.63, 3.8) is 0 Å². The van der Waals surface area contributed by atoms with Crippen LogP contribution in [0.2, 0.25) is 5.02 Å². The zero-order valence-corrected chi connectivity index (χ0v) is 11.9. The molecule has 2 aromatic carbocycles. The minimum Gasteiger partial charge on any atom is -0.508 e. The number of hydrogen-bond acceptors (Lipinski definition) is 3. The number of phenolic OH excluding ortho intramolecular Hbond substituents is 1. The maximum Gasteiger partial charge on any atom is 0.314 e. The van der Waals surface area contributed by atoms with Gasteiger partial charge in [-0.1, -0.05) is 23.7 Å². The van der Waals surface area contributed by atoms with Gasteiger partial charge in [0.2, 0.25) is 0 Å². The zero-order chi connectivity index (χ0) is 15.4. The van der Waals surface area contributed by atoms with E-state index < -0.39 is 11.8 Å². The minimum absolute atomic E-state index is 0.00102. The summed E-state index contributed by atoms with van der Waals surface area (Å²) in [6.07, 6.45) is 0. The number of aromatic hydroxyl groups is 1. The van der Waals surface area contributed by atoms with Crippen LogP contribution in [0.3, 0.4) is 0 Å². The van der Waals surface area contributed by atoms with E-state index in [0.717, 1.165) is 0 Å². The van der Waals surface area contributed by atoms with E-state index in [-0.39, 0.29) is 5.75 Å². The standard InChI is InChI=1S/C15H13ClN2O3/c1-9-12(16)6-3-7-13(9)18-15(21)14(20)17-10-4-2-5-11(19)8-10/h2-8,19H,1H3,(H,17,20)(H,18,21). The van der Waals surface area contributed by atoms with Crippen molar-refractivity contribution in [1.29, 1.82) is 0 Å². The van der Waals surface area contributed by atoms with Crippen LogP contribution >= 0.6 is 11.6 Å². The largest absolute Gasteiger partial charge is 0.508 e. The van der Waals surface area contributed by atoms with Gasteiger partial charge in [0.05, 0.1) is 0 Å². The van der Waals surface area contributed by atoms with Gasteiger partial charge >= 0.3 is 11.8 Å². The highest BCUT2D eigenvalue weighted by Gasteiger charge is 2.15. The van der Waals surface area contributed by atoms with Crippen molar-refractivity contribution >= 4 is 34.8 Å². The Balaban J connectivity index is 2.06. The average molecular weight is 305 g/mol. The molecule has 2 rings (SSSR count). The van der Waals surface area contributed by atoms with Gasteiger partial charge in [0.25, 0.3) is 0 Å². The van der Waals surface area contributed by atoms with Crippen molar-refractivity contribution in [2.75, 3.05) is 10.6 Å². The Labute approximate surface area is 126 Å². The Morgan fingerprint density at radius 2 is 1.71 bits per heavy atom. The summed E-state index contributed by atoms with van der Waals surface area (Å²) in [6, 6.07) is 11.0. The quantitative estimate of drug-likeness (QED) is 0.746. The third kappa shape index (κ3) is 3.73. The van der Waals surface area contributed by atoms with Gasteiger partial charge in [0.1, 0.15) is 5.75 Å². The first-order valence-corrected chi connectivity index (χ1v) is 6.51. The lowest BCUT2D eigenvalue weighted by Gasteiger charge is -2.09. The first-order chi connectivity index (χ1) is 9.97. The van der Waals surface area contributed by atoms with Crippen molar-refractivity contribution < 1.29 is 14.7 Å². The number of anilines is 2. The smallest absolute Gasteiger partial charge is 0.314 e. The number of halogens is 1. The van der Waals surface area contributed by atoms with Crippen molar-refractivity contribution in [2.45, 2.75) is 6.92 Å². The Morgan fingerprint density at radius 3 is 2.43 bits per heavy atom. The van der Waals surface area contributed by atoms with E-state index >= 15 is 0 Å². The van der Waals surface area contributed by atoms with Crippen molar-refractivity contribution in [1.82, 2.24) is 0 Å². The normalized spacial score (nSPS) is 10.0. The van der Waals surface area contributed by atoms with Crippen molar-refractivity contribution in [2.24, 2.45) is 0 Å². The Kier molecular flexibility index (Phi) is 4.45. The maximum atomic E-state index is 11.8. The number of amides is 2. The molecule has 0 bridgehead atoms. The SMILES string of the molecule is Cc1c(Cl)cccc1NC(=O)C(=O)Nc1cccc(O)c1. The number of carbonyl (C=O) groups excluding carboxylic acids is 2. The minimum atomic E-state index is -0.833. The lowest BCUT2D eigenvalue weighted by Crippen LogP contribution is -2.29. The number of nitrogens with one attached hydrogen (secondary N) is 2. The third-order valence-electron chi connectivity index (χ3n) is 2.83. The van der Waals surface area contributed by atoms with Crippen LogP contribution in [0.25, 0.3) is 0 Å². The summed E-state index contributed by atoms with van der Waals surface area (Å²) in [5, 5.41) is 14.7. The van der Waals surface area contributed by atoms with E-state index in [1.54, 1.807) is 37.3 Å². The summed E-state index contributed by atoms with van der Waals surface area (Å²) in [5.74, 6) is -1.65. The van der Waals surface area contributed by atoms with Crippen molar-refractivity contribution in [3.8, 4) is 5.75 Å². The molecule has 0 aromatic heterocycles. The number of benzene rings is 2. The molecular formula is C15H13ClN2O3. The molecular weight excluding hydrogens is 292 g/mol. The van der Waals surface area contributed by atoms with E-state index in [0.29, 0.717) is 22.0 Å². The van der Waals surface area contributed by atoms with Gasteiger partial charge in [-0.25, -0.2) is 0 Å². The second-order valence-electron chi connectivity index (χ2n) is 4.37. The Hall–Kier alpha value is -2.53. The third-order valence-corrected chi connectivity index (χ3v) is 3.24. The fourth-order valence-electron chi connectivity index (χ4n) is 1.69. The molecule has 0 spiro atoms. The summed E-state index contributed by atoms with van der Waals surface area (Å²) >= 11 is 5.94. The van der Waals surface area contributed by atoms with Gasteiger partial charge in [0.15, 0.2) is 0 Å². The van der Waals surface area contributed by atoms with Gasteiger partial charge in [0, 0.05) is 22.5 Å².